The Balaban J connectivity index is 1.91. The first-order valence-corrected chi connectivity index (χ1v) is 7.04. The van der Waals surface area contributed by atoms with Gasteiger partial charge in [0, 0.05) is 11.6 Å². The van der Waals surface area contributed by atoms with Gasteiger partial charge in [0.05, 0.1) is 11.6 Å². The molecule has 0 saturated heterocycles. The molecule has 24 heavy (non-hydrogen) atoms. The van der Waals surface area contributed by atoms with Crippen molar-refractivity contribution in [2.24, 2.45) is 0 Å². The summed E-state index contributed by atoms with van der Waals surface area (Å²) in [5, 5.41) is 2.41. The second-order valence-corrected chi connectivity index (χ2v) is 5.01. The quantitative estimate of drug-likeness (QED) is 0.853. The smallest absolute Gasteiger partial charge is 0.341 e. The second-order valence-electron chi connectivity index (χ2n) is 5.01. The van der Waals surface area contributed by atoms with Gasteiger partial charge in [0.25, 0.3) is 5.91 Å². The number of rotatable bonds is 5. The topological polar surface area (TPSA) is 55.4 Å². The van der Waals surface area contributed by atoms with Crippen LogP contribution in [0.15, 0.2) is 42.5 Å². The van der Waals surface area contributed by atoms with E-state index < -0.39 is 42.0 Å². The molecule has 1 N–H and O–H groups in total. The summed E-state index contributed by atoms with van der Waals surface area (Å²) in [7, 11) is 0. The second kappa shape index (κ2) is 7.63. The van der Waals surface area contributed by atoms with Crippen LogP contribution in [0.5, 0.6) is 0 Å². The predicted molar refractivity (Wildman–Crippen MR) is 79.6 cm³/mol. The van der Waals surface area contributed by atoms with Gasteiger partial charge < -0.3 is 10.1 Å². The van der Waals surface area contributed by atoms with E-state index in [1.165, 1.54) is 31.2 Å². The van der Waals surface area contributed by atoms with E-state index >= 15 is 0 Å². The molecule has 0 spiro atoms. The Morgan fingerprint density at radius 1 is 1.08 bits per heavy atom. The summed E-state index contributed by atoms with van der Waals surface area (Å²) in [6, 6.07) is 7.42. The molecule has 1 amide bonds. The number of esters is 1. The van der Waals surface area contributed by atoms with E-state index in [2.05, 4.69) is 5.32 Å². The van der Waals surface area contributed by atoms with Crippen LogP contribution in [0.1, 0.15) is 28.9 Å². The van der Waals surface area contributed by atoms with Gasteiger partial charge in [-0.2, -0.15) is 0 Å². The maximum Gasteiger partial charge on any atom is 0.341 e. The SMILES string of the molecule is C[C@H](NC(=O)COC(=O)c1ccccc1F)c1ccc(F)cc1F. The number of amides is 1. The lowest BCUT2D eigenvalue weighted by Gasteiger charge is -2.15. The Hall–Kier alpha value is -2.83. The number of halogens is 3. The minimum absolute atomic E-state index is 0.0881. The lowest BCUT2D eigenvalue weighted by molar-refractivity contribution is -0.124. The third-order valence-corrected chi connectivity index (χ3v) is 3.23. The number of benzene rings is 2. The molecule has 0 fully saturated rings. The Bertz CT molecular complexity index is 764. The van der Waals surface area contributed by atoms with Gasteiger partial charge >= 0.3 is 5.97 Å². The summed E-state index contributed by atoms with van der Waals surface area (Å²) in [5.41, 5.74) is -0.201. The normalized spacial score (nSPS) is 11.7. The van der Waals surface area contributed by atoms with Crippen LogP contribution in [0.4, 0.5) is 13.2 Å². The van der Waals surface area contributed by atoms with Crippen LogP contribution in [-0.2, 0) is 9.53 Å². The zero-order chi connectivity index (χ0) is 17.7. The lowest BCUT2D eigenvalue weighted by atomic mass is 10.1. The first-order chi connectivity index (χ1) is 11.4. The Kier molecular flexibility index (Phi) is 5.57. The van der Waals surface area contributed by atoms with Crippen LogP contribution in [0.2, 0.25) is 0 Å². The van der Waals surface area contributed by atoms with Gasteiger partial charge in [0.1, 0.15) is 17.5 Å². The van der Waals surface area contributed by atoms with Gasteiger partial charge in [-0.1, -0.05) is 18.2 Å². The number of hydrogen-bond acceptors (Lipinski definition) is 3. The molecule has 0 saturated carbocycles. The molecule has 0 radical (unpaired) electrons. The van der Waals surface area contributed by atoms with Crippen LogP contribution in [0, 0.1) is 17.5 Å². The van der Waals surface area contributed by atoms with Crippen LogP contribution >= 0.6 is 0 Å². The third-order valence-electron chi connectivity index (χ3n) is 3.23. The van der Waals surface area contributed by atoms with Gasteiger partial charge in [-0.15, -0.1) is 0 Å². The predicted octanol–water partition coefficient (Wildman–Crippen LogP) is 3.14. The minimum Gasteiger partial charge on any atom is -0.452 e. The van der Waals surface area contributed by atoms with Gasteiger partial charge in [0.15, 0.2) is 6.61 Å². The van der Waals surface area contributed by atoms with Crippen molar-refractivity contribution in [1.29, 1.82) is 0 Å². The molecule has 2 aromatic carbocycles. The summed E-state index contributed by atoms with van der Waals surface area (Å²) in [6.45, 7) is 0.841. The molecule has 0 heterocycles. The molecular formula is C17H14F3NO3. The molecule has 0 unspecified atom stereocenters. The zero-order valence-electron chi connectivity index (χ0n) is 12.7. The number of carbonyl (C=O) groups is 2. The highest BCUT2D eigenvalue weighted by Crippen LogP contribution is 2.17. The van der Waals surface area contributed by atoms with Gasteiger partial charge in [-0.25, -0.2) is 18.0 Å². The monoisotopic (exact) mass is 337 g/mol. The van der Waals surface area contributed by atoms with E-state index in [-0.39, 0.29) is 11.1 Å². The van der Waals surface area contributed by atoms with Gasteiger partial charge in [-0.05, 0) is 25.1 Å². The van der Waals surface area contributed by atoms with E-state index in [1.54, 1.807) is 0 Å². The maximum absolute atomic E-state index is 13.6. The molecule has 0 aliphatic rings. The highest BCUT2D eigenvalue weighted by molar-refractivity contribution is 5.91. The summed E-state index contributed by atoms with van der Waals surface area (Å²) in [4.78, 5) is 23.4. The van der Waals surface area contributed by atoms with Crippen molar-refractivity contribution in [3.8, 4) is 0 Å². The summed E-state index contributed by atoms with van der Waals surface area (Å²) >= 11 is 0. The van der Waals surface area contributed by atoms with E-state index in [9.17, 15) is 22.8 Å². The molecule has 0 aliphatic heterocycles. The molecule has 4 nitrogen and oxygen atoms in total. The maximum atomic E-state index is 13.6. The molecule has 2 aromatic rings. The first kappa shape index (κ1) is 17.5. The van der Waals surface area contributed by atoms with Crippen LogP contribution in [0.3, 0.4) is 0 Å². The van der Waals surface area contributed by atoms with E-state index in [1.807, 2.05) is 0 Å². The fraction of sp³-hybridized carbons (Fsp3) is 0.176. The molecule has 126 valence electrons. The zero-order valence-corrected chi connectivity index (χ0v) is 12.7. The van der Waals surface area contributed by atoms with Crippen molar-refractivity contribution in [3.63, 3.8) is 0 Å². The van der Waals surface area contributed by atoms with E-state index in [0.717, 1.165) is 12.1 Å². The highest BCUT2D eigenvalue weighted by Gasteiger charge is 2.17. The molecular weight excluding hydrogens is 323 g/mol. The third kappa shape index (κ3) is 4.34. The Morgan fingerprint density at radius 3 is 2.46 bits per heavy atom. The summed E-state index contributed by atoms with van der Waals surface area (Å²) in [5.74, 6) is -3.97. The summed E-state index contributed by atoms with van der Waals surface area (Å²) in [6.07, 6.45) is 0. The van der Waals surface area contributed by atoms with Gasteiger partial charge in [-0.3, -0.25) is 4.79 Å². The molecule has 2 rings (SSSR count). The molecule has 7 heteroatoms. The number of ether oxygens (including phenoxy) is 1. The minimum atomic E-state index is -0.983. The van der Waals surface area contributed by atoms with Crippen molar-refractivity contribution < 1.29 is 27.5 Å². The molecule has 0 aromatic heterocycles. The largest absolute Gasteiger partial charge is 0.452 e. The molecule has 0 aliphatic carbocycles. The lowest BCUT2D eigenvalue weighted by Crippen LogP contribution is -2.31. The fourth-order valence-electron chi connectivity index (χ4n) is 2.05. The van der Waals surface area contributed by atoms with Crippen LogP contribution in [-0.4, -0.2) is 18.5 Å². The van der Waals surface area contributed by atoms with Crippen molar-refractivity contribution in [2.75, 3.05) is 6.61 Å². The Morgan fingerprint density at radius 2 is 1.79 bits per heavy atom. The molecule has 1 atom stereocenters. The average molecular weight is 337 g/mol. The first-order valence-electron chi connectivity index (χ1n) is 7.04. The number of nitrogens with one attached hydrogen (secondary N) is 1. The van der Waals surface area contributed by atoms with Crippen molar-refractivity contribution >= 4 is 11.9 Å². The molecule has 0 bridgehead atoms. The number of carbonyl (C=O) groups excluding carboxylic acids is 2. The van der Waals surface area contributed by atoms with Gasteiger partial charge in [0.2, 0.25) is 0 Å². The number of hydrogen-bond donors (Lipinski definition) is 1. The summed E-state index contributed by atoms with van der Waals surface area (Å²) < 4.78 is 44.6. The highest BCUT2D eigenvalue weighted by atomic mass is 19.1. The van der Waals surface area contributed by atoms with E-state index in [0.29, 0.717) is 6.07 Å². The fourth-order valence-corrected chi connectivity index (χ4v) is 2.05. The van der Waals surface area contributed by atoms with Crippen LogP contribution < -0.4 is 5.32 Å². The van der Waals surface area contributed by atoms with Crippen molar-refractivity contribution in [3.05, 3.63) is 71.0 Å². The van der Waals surface area contributed by atoms with Crippen molar-refractivity contribution in [1.82, 2.24) is 5.32 Å². The van der Waals surface area contributed by atoms with E-state index in [4.69, 9.17) is 4.74 Å². The Labute approximate surface area is 136 Å². The van der Waals surface area contributed by atoms with Crippen LogP contribution in [0.25, 0.3) is 0 Å². The standard InChI is InChI=1S/C17H14F3NO3/c1-10(12-7-6-11(18)8-15(12)20)21-16(22)9-24-17(23)13-4-2-3-5-14(13)19/h2-8,10H,9H2,1H3,(H,21,22)/t10-/m0/s1. The average Bonchev–Trinajstić information content (AvgIpc) is 2.52. The van der Waals surface area contributed by atoms with Crippen molar-refractivity contribution in [2.45, 2.75) is 13.0 Å².